The quantitative estimate of drug-likeness (QED) is 0.811. The Bertz CT molecular complexity index is 352. The monoisotopic (exact) mass is 237 g/mol. The van der Waals surface area contributed by atoms with Crippen molar-refractivity contribution in [1.82, 2.24) is 5.32 Å². The highest BCUT2D eigenvalue weighted by atomic mass is 32.2. The normalized spacial score (nSPS) is 16.8. The van der Waals surface area contributed by atoms with Gasteiger partial charge in [0, 0.05) is 21.9 Å². The van der Waals surface area contributed by atoms with Gasteiger partial charge in [0.1, 0.15) is 0 Å². The van der Waals surface area contributed by atoms with Crippen LogP contribution in [0.4, 0.5) is 0 Å². The van der Waals surface area contributed by atoms with Crippen LogP contribution in [0.1, 0.15) is 27.8 Å². The summed E-state index contributed by atoms with van der Waals surface area (Å²) < 4.78 is 0. The Hall–Kier alpha value is -0.430. The van der Waals surface area contributed by atoms with Gasteiger partial charge in [0.25, 0.3) is 0 Å². The van der Waals surface area contributed by atoms with Crippen LogP contribution < -0.4 is 5.32 Å². The van der Waals surface area contributed by atoms with Crippen molar-refractivity contribution in [3.63, 3.8) is 0 Å². The molecule has 2 heterocycles. The van der Waals surface area contributed by atoms with E-state index < -0.39 is 0 Å². The number of thioether (sulfide) groups is 1. The van der Waals surface area contributed by atoms with Gasteiger partial charge in [0.15, 0.2) is 0 Å². The maximum Gasteiger partial charge on any atom is 0.0523 e. The van der Waals surface area contributed by atoms with Crippen molar-refractivity contribution in [2.24, 2.45) is 0 Å². The first-order valence-electron chi connectivity index (χ1n) is 5.15. The zero-order chi connectivity index (χ0) is 10.7. The van der Waals surface area contributed by atoms with Gasteiger partial charge in [-0.05, 0) is 30.9 Å². The number of hydrogen-bond donors (Lipinski definition) is 1. The second kappa shape index (κ2) is 5.07. The van der Waals surface area contributed by atoms with Crippen LogP contribution in [0.3, 0.4) is 0 Å². The Morgan fingerprint density at radius 1 is 1.67 bits per heavy atom. The first-order chi connectivity index (χ1) is 7.35. The Labute approximate surface area is 99.7 Å². The SMILES string of the molecule is C#CCC(NC)c1cc2c(s1)CCSC2. The first-order valence-corrected chi connectivity index (χ1v) is 7.12. The van der Waals surface area contributed by atoms with Crippen LogP contribution in [-0.4, -0.2) is 12.8 Å². The molecular weight excluding hydrogens is 222 g/mol. The van der Waals surface area contributed by atoms with E-state index in [1.807, 2.05) is 30.1 Å². The van der Waals surface area contributed by atoms with Crippen molar-refractivity contribution < 1.29 is 0 Å². The molecule has 15 heavy (non-hydrogen) atoms. The van der Waals surface area contributed by atoms with E-state index in [9.17, 15) is 0 Å². The number of rotatable bonds is 3. The van der Waals surface area contributed by atoms with Gasteiger partial charge < -0.3 is 5.32 Å². The van der Waals surface area contributed by atoms with E-state index in [0.717, 1.165) is 6.42 Å². The number of hydrogen-bond acceptors (Lipinski definition) is 3. The average Bonchev–Trinajstić information content (AvgIpc) is 2.69. The Morgan fingerprint density at radius 2 is 2.53 bits per heavy atom. The second-order valence-corrected chi connectivity index (χ2v) is 5.92. The van der Waals surface area contributed by atoms with Crippen LogP contribution in [0.5, 0.6) is 0 Å². The highest BCUT2D eigenvalue weighted by Gasteiger charge is 2.17. The highest BCUT2D eigenvalue weighted by Crippen LogP contribution is 2.35. The fraction of sp³-hybridized carbons (Fsp3) is 0.500. The van der Waals surface area contributed by atoms with E-state index >= 15 is 0 Å². The molecule has 0 aromatic carbocycles. The lowest BCUT2D eigenvalue weighted by Gasteiger charge is -2.09. The molecule has 0 aliphatic carbocycles. The van der Waals surface area contributed by atoms with Crippen molar-refractivity contribution >= 4 is 23.1 Å². The van der Waals surface area contributed by atoms with Crippen LogP contribution in [0.15, 0.2) is 6.07 Å². The zero-order valence-electron chi connectivity index (χ0n) is 8.88. The van der Waals surface area contributed by atoms with E-state index in [1.165, 1.54) is 28.4 Å². The van der Waals surface area contributed by atoms with Crippen molar-refractivity contribution in [2.45, 2.75) is 24.6 Å². The van der Waals surface area contributed by atoms with E-state index in [4.69, 9.17) is 6.42 Å². The van der Waals surface area contributed by atoms with E-state index in [-0.39, 0.29) is 0 Å². The molecule has 0 radical (unpaired) electrons. The van der Waals surface area contributed by atoms with Crippen molar-refractivity contribution in [2.75, 3.05) is 12.8 Å². The first kappa shape index (κ1) is 11.1. The molecule has 0 saturated heterocycles. The molecule has 1 aliphatic rings. The molecule has 3 heteroatoms. The molecule has 1 atom stereocenters. The number of aryl methyl sites for hydroxylation is 1. The van der Waals surface area contributed by atoms with Gasteiger partial charge in [0.2, 0.25) is 0 Å². The summed E-state index contributed by atoms with van der Waals surface area (Å²) in [5, 5.41) is 3.29. The molecule has 0 fully saturated rings. The lowest BCUT2D eigenvalue weighted by molar-refractivity contribution is 0.622. The molecule has 1 unspecified atom stereocenters. The fourth-order valence-electron chi connectivity index (χ4n) is 1.80. The number of thiophene rings is 1. The smallest absolute Gasteiger partial charge is 0.0523 e. The van der Waals surface area contributed by atoms with Gasteiger partial charge >= 0.3 is 0 Å². The Kier molecular flexibility index (Phi) is 3.74. The van der Waals surface area contributed by atoms with Gasteiger partial charge in [-0.1, -0.05) is 0 Å². The van der Waals surface area contributed by atoms with Crippen molar-refractivity contribution in [3.05, 3.63) is 21.4 Å². The summed E-state index contributed by atoms with van der Waals surface area (Å²) in [5.41, 5.74) is 1.53. The van der Waals surface area contributed by atoms with Crippen LogP contribution in [0.25, 0.3) is 0 Å². The molecular formula is C12H15NS2. The lowest BCUT2D eigenvalue weighted by Crippen LogP contribution is -2.14. The predicted molar refractivity (Wildman–Crippen MR) is 69.4 cm³/mol. The van der Waals surface area contributed by atoms with Gasteiger partial charge in [-0.3, -0.25) is 0 Å². The molecule has 1 aromatic rings. The molecule has 0 bridgehead atoms. The largest absolute Gasteiger partial charge is 0.312 e. The zero-order valence-corrected chi connectivity index (χ0v) is 10.5. The third-order valence-corrected chi connectivity index (χ3v) is 5.02. The van der Waals surface area contributed by atoms with Gasteiger partial charge in [-0.15, -0.1) is 23.7 Å². The van der Waals surface area contributed by atoms with E-state index in [0.29, 0.717) is 6.04 Å². The summed E-state index contributed by atoms with van der Waals surface area (Å²) in [7, 11) is 1.98. The summed E-state index contributed by atoms with van der Waals surface area (Å²) in [4.78, 5) is 2.98. The minimum Gasteiger partial charge on any atom is -0.312 e. The summed E-state index contributed by atoms with van der Waals surface area (Å²) in [6.07, 6.45) is 7.39. The minimum absolute atomic E-state index is 0.343. The topological polar surface area (TPSA) is 12.0 Å². The third-order valence-electron chi connectivity index (χ3n) is 2.66. The van der Waals surface area contributed by atoms with E-state index in [1.54, 1.807) is 4.88 Å². The molecule has 0 spiro atoms. The molecule has 1 aliphatic heterocycles. The highest BCUT2D eigenvalue weighted by molar-refractivity contribution is 7.98. The lowest BCUT2D eigenvalue weighted by atomic mass is 10.1. The molecule has 1 N–H and O–H groups in total. The minimum atomic E-state index is 0.343. The predicted octanol–water partition coefficient (Wildman–Crippen LogP) is 2.82. The second-order valence-electron chi connectivity index (χ2n) is 3.65. The summed E-state index contributed by atoms with van der Waals surface area (Å²) >= 11 is 3.97. The molecule has 0 saturated carbocycles. The molecule has 1 nitrogen and oxygen atoms in total. The van der Waals surface area contributed by atoms with Gasteiger partial charge in [-0.25, -0.2) is 0 Å². The maximum absolute atomic E-state index is 5.38. The summed E-state index contributed by atoms with van der Waals surface area (Å²) in [6, 6.07) is 2.68. The molecule has 1 aromatic heterocycles. The van der Waals surface area contributed by atoms with E-state index in [2.05, 4.69) is 17.3 Å². The number of terminal acetylenes is 1. The van der Waals surface area contributed by atoms with Crippen molar-refractivity contribution in [1.29, 1.82) is 0 Å². The Morgan fingerprint density at radius 3 is 3.20 bits per heavy atom. The van der Waals surface area contributed by atoms with Crippen LogP contribution in [0, 0.1) is 12.3 Å². The Balaban J connectivity index is 2.21. The van der Waals surface area contributed by atoms with Crippen molar-refractivity contribution in [3.8, 4) is 12.3 Å². The summed E-state index contributed by atoms with van der Waals surface area (Å²) in [5.74, 6) is 5.19. The number of fused-ring (bicyclic) bond motifs is 1. The third kappa shape index (κ3) is 2.39. The molecule has 0 amide bonds. The van der Waals surface area contributed by atoms with Crippen LogP contribution in [0.2, 0.25) is 0 Å². The van der Waals surface area contributed by atoms with Crippen LogP contribution in [-0.2, 0) is 12.2 Å². The number of nitrogens with one attached hydrogen (secondary N) is 1. The van der Waals surface area contributed by atoms with Crippen LogP contribution >= 0.6 is 23.1 Å². The summed E-state index contributed by atoms with van der Waals surface area (Å²) in [6.45, 7) is 0. The molecule has 2 rings (SSSR count). The average molecular weight is 237 g/mol. The fourth-order valence-corrected chi connectivity index (χ4v) is 4.29. The van der Waals surface area contributed by atoms with Gasteiger partial charge in [-0.2, -0.15) is 11.8 Å². The maximum atomic E-state index is 5.38. The van der Waals surface area contributed by atoms with Gasteiger partial charge in [0.05, 0.1) is 6.04 Å². The molecule has 80 valence electrons. The standard InChI is InChI=1S/C12H15NS2/c1-3-4-10(13-2)12-7-9-8-14-6-5-11(9)15-12/h1,7,10,13H,4-6,8H2,2H3.